The SMILES string of the molecule is COc1cccc(C(=O)N2CCCC(N3CCCC(Nc4nccc(N5CCCCCC5)n4)C3)C2)c1. The zero-order chi connectivity index (χ0) is 24.7. The molecule has 0 spiro atoms. The maximum atomic E-state index is 13.2. The van der Waals surface area contributed by atoms with Crippen molar-refractivity contribution in [3.63, 3.8) is 0 Å². The van der Waals surface area contributed by atoms with Crippen LogP contribution in [0.15, 0.2) is 36.5 Å². The molecule has 1 N–H and O–H groups in total. The van der Waals surface area contributed by atoms with E-state index in [0.29, 0.717) is 17.6 Å². The van der Waals surface area contributed by atoms with E-state index >= 15 is 0 Å². The van der Waals surface area contributed by atoms with Crippen LogP contribution in [0.5, 0.6) is 5.75 Å². The Bertz CT molecular complexity index is 1010. The summed E-state index contributed by atoms with van der Waals surface area (Å²) in [4.78, 5) is 29.6. The van der Waals surface area contributed by atoms with Gasteiger partial charge in [-0.25, -0.2) is 4.98 Å². The molecule has 3 fully saturated rings. The molecule has 3 aliphatic rings. The van der Waals surface area contributed by atoms with Gasteiger partial charge in [0, 0.05) is 56.6 Å². The number of nitrogens with one attached hydrogen (secondary N) is 1. The molecule has 5 rings (SSSR count). The van der Waals surface area contributed by atoms with E-state index in [1.165, 1.54) is 25.7 Å². The number of hydrogen-bond donors (Lipinski definition) is 1. The van der Waals surface area contributed by atoms with Crippen LogP contribution in [0.2, 0.25) is 0 Å². The van der Waals surface area contributed by atoms with Gasteiger partial charge in [0.05, 0.1) is 7.11 Å². The van der Waals surface area contributed by atoms with Crippen molar-refractivity contribution in [1.82, 2.24) is 19.8 Å². The lowest BCUT2D eigenvalue weighted by atomic mass is 9.98. The van der Waals surface area contributed by atoms with E-state index in [9.17, 15) is 4.79 Å². The van der Waals surface area contributed by atoms with Gasteiger partial charge < -0.3 is 19.9 Å². The summed E-state index contributed by atoms with van der Waals surface area (Å²) in [6, 6.07) is 10.2. The molecule has 8 heteroatoms. The number of piperidine rings is 2. The summed E-state index contributed by atoms with van der Waals surface area (Å²) >= 11 is 0. The molecule has 0 saturated carbocycles. The topological polar surface area (TPSA) is 73.8 Å². The van der Waals surface area contributed by atoms with Gasteiger partial charge >= 0.3 is 0 Å². The van der Waals surface area contributed by atoms with Crippen LogP contribution < -0.4 is 15.0 Å². The van der Waals surface area contributed by atoms with Gasteiger partial charge in [0.2, 0.25) is 5.95 Å². The largest absolute Gasteiger partial charge is 0.497 e. The normalized spacial score (nSPS) is 23.7. The molecule has 1 aromatic carbocycles. The molecule has 194 valence electrons. The number of hydrogen-bond acceptors (Lipinski definition) is 7. The highest BCUT2D eigenvalue weighted by molar-refractivity contribution is 5.94. The fourth-order valence-electron chi connectivity index (χ4n) is 5.91. The standard InChI is InChI=1S/C28H40N6O2/c1-36-25-12-6-9-22(19-25)27(35)34-18-8-11-24(21-34)33-17-7-10-23(20-33)30-28-29-14-13-26(31-28)32-15-4-2-3-5-16-32/h6,9,12-14,19,23-24H,2-5,7-8,10-11,15-18,20-21H2,1H3,(H,29,30,31). The number of benzene rings is 1. The molecule has 2 unspecified atom stereocenters. The Morgan fingerprint density at radius 3 is 2.64 bits per heavy atom. The molecule has 2 aromatic rings. The van der Waals surface area contributed by atoms with Crippen molar-refractivity contribution in [3.05, 3.63) is 42.1 Å². The summed E-state index contributed by atoms with van der Waals surface area (Å²) in [5, 5.41) is 3.63. The minimum Gasteiger partial charge on any atom is -0.497 e. The summed E-state index contributed by atoms with van der Waals surface area (Å²) in [5.74, 6) is 2.61. The van der Waals surface area contributed by atoms with Gasteiger partial charge in [0.25, 0.3) is 5.91 Å². The number of carbonyl (C=O) groups excluding carboxylic acids is 1. The van der Waals surface area contributed by atoms with E-state index < -0.39 is 0 Å². The van der Waals surface area contributed by atoms with Gasteiger partial charge in [-0.3, -0.25) is 9.69 Å². The molecule has 2 atom stereocenters. The van der Waals surface area contributed by atoms with Crippen LogP contribution in [0.1, 0.15) is 61.7 Å². The number of rotatable bonds is 6. The summed E-state index contributed by atoms with van der Waals surface area (Å²) in [5.41, 5.74) is 0.703. The first kappa shape index (κ1) is 24.8. The van der Waals surface area contributed by atoms with Gasteiger partial charge in [0.15, 0.2) is 0 Å². The summed E-state index contributed by atoms with van der Waals surface area (Å²) in [6.45, 7) is 5.81. The number of methoxy groups -OCH3 is 1. The average molecular weight is 493 g/mol. The van der Waals surface area contributed by atoms with Crippen LogP contribution in [-0.4, -0.2) is 84.1 Å². The van der Waals surface area contributed by atoms with Crippen molar-refractivity contribution < 1.29 is 9.53 Å². The van der Waals surface area contributed by atoms with Crippen LogP contribution in [0.25, 0.3) is 0 Å². The zero-order valence-corrected chi connectivity index (χ0v) is 21.6. The van der Waals surface area contributed by atoms with E-state index in [2.05, 4.69) is 20.1 Å². The Morgan fingerprint density at radius 1 is 0.972 bits per heavy atom. The number of aromatic nitrogens is 2. The third-order valence-corrected chi connectivity index (χ3v) is 7.87. The molecular formula is C28H40N6O2. The summed E-state index contributed by atoms with van der Waals surface area (Å²) < 4.78 is 5.32. The lowest BCUT2D eigenvalue weighted by molar-refractivity contribution is 0.0526. The fraction of sp³-hybridized carbons (Fsp3) is 0.607. The maximum Gasteiger partial charge on any atom is 0.254 e. The lowest BCUT2D eigenvalue weighted by Crippen LogP contribution is -2.54. The van der Waals surface area contributed by atoms with Crippen LogP contribution >= 0.6 is 0 Å². The first-order chi connectivity index (χ1) is 17.7. The average Bonchev–Trinajstić information content (AvgIpc) is 3.23. The Hall–Kier alpha value is -2.87. The Kier molecular flexibility index (Phi) is 8.21. The second-order valence-electron chi connectivity index (χ2n) is 10.4. The third-order valence-electron chi connectivity index (χ3n) is 7.87. The molecule has 1 aromatic heterocycles. The third kappa shape index (κ3) is 6.09. The van der Waals surface area contributed by atoms with Gasteiger partial charge in [-0.05, 0) is 69.3 Å². The van der Waals surface area contributed by atoms with Crippen LogP contribution in [0.3, 0.4) is 0 Å². The molecule has 3 saturated heterocycles. The minimum absolute atomic E-state index is 0.101. The fourth-order valence-corrected chi connectivity index (χ4v) is 5.91. The number of ether oxygens (including phenoxy) is 1. The minimum atomic E-state index is 0.101. The molecule has 1 amide bonds. The maximum absolute atomic E-state index is 13.2. The van der Waals surface area contributed by atoms with E-state index in [4.69, 9.17) is 9.72 Å². The number of carbonyl (C=O) groups is 1. The predicted molar refractivity (Wildman–Crippen MR) is 143 cm³/mol. The molecule has 3 aliphatic heterocycles. The molecular weight excluding hydrogens is 452 g/mol. The molecule has 0 bridgehead atoms. The first-order valence-electron chi connectivity index (χ1n) is 13.7. The zero-order valence-electron chi connectivity index (χ0n) is 21.6. The molecule has 0 radical (unpaired) electrons. The Balaban J connectivity index is 1.19. The van der Waals surface area contributed by atoms with E-state index in [1.54, 1.807) is 7.11 Å². The highest BCUT2D eigenvalue weighted by Crippen LogP contribution is 2.24. The molecule has 4 heterocycles. The van der Waals surface area contributed by atoms with Gasteiger partial charge in [-0.2, -0.15) is 4.98 Å². The van der Waals surface area contributed by atoms with Crippen molar-refractivity contribution in [2.75, 3.05) is 56.6 Å². The van der Waals surface area contributed by atoms with Gasteiger partial charge in [-0.1, -0.05) is 18.9 Å². The smallest absolute Gasteiger partial charge is 0.254 e. The van der Waals surface area contributed by atoms with Crippen molar-refractivity contribution in [2.24, 2.45) is 0 Å². The Morgan fingerprint density at radius 2 is 1.81 bits per heavy atom. The van der Waals surface area contributed by atoms with E-state index in [0.717, 1.165) is 82.5 Å². The van der Waals surface area contributed by atoms with Crippen LogP contribution in [0.4, 0.5) is 11.8 Å². The first-order valence-corrected chi connectivity index (χ1v) is 13.7. The van der Waals surface area contributed by atoms with E-state index in [1.807, 2.05) is 41.4 Å². The van der Waals surface area contributed by atoms with Crippen molar-refractivity contribution in [2.45, 2.75) is 63.5 Å². The van der Waals surface area contributed by atoms with Gasteiger partial charge in [-0.15, -0.1) is 0 Å². The highest BCUT2D eigenvalue weighted by atomic mass is 16.5. The quantitative estimate of drug-likeness (QED) is 0.652. The predicted octanol–water partition coefficient (Wildman–Crippen LogP) is 4.05. The Labute approximate surface area is 215 Å². The highest BCUT2D eigenvalue weighted by Gasteiger charge is 2.31. The van der Waals surface area contributed by atoms with Gasteiger partial charge in [0.1, 0.15) is 11.6 Å². The second-order valence-corrected chi connectivity index (χ2v) is 10.4. The lowest BCUT2D eigenvalue weighted by Gasteiger charge is -2.43. The van der Waals surface area contributed by atoms with E-state index in [-0.39, 0.29) is 5.91 Å². The number of anilines is 2. The van der Waals surface area contributed by atoms with Crippen molar-refractivity contribution in [3.8, 4) is 5.75 Å². The van der Waals surface area contributed by atoms with Crippen LogP contribution in [-0.2, 0) is 0 Å². The molecule has 8 nitrogen and oxygen atoms in total. The summed E-state index contributed by atoms with van der Waals surface area (Å²) in [6.07, 6.45) is 11.4. The number of amides is 1. The van der Waals surface area contributed by atoms with Crippen LogP contribution in [0, 0.1) is 0 Å². The van der Waals surface area contributed by atoms with Crippen molar-refractivity contribution in [1.29, 1.82) is 0 Å². The van der Waals surface area contributed by atoms with Crippen molar-refractivity contribution >= 4 is 17.7 Å². The second kappa shape index (κ2) is 11.9. The summed E-state index contributed by atoms with van der Waals surface area (Å²) in [7, 11) is 1.64. The molecule has 36 heavy (non-hydrogen) atoms. The number of nitrogens with zero attached hydrogens (tertiary/aromatic N) is 5. The molecule has 0 aliphatic carbocycles. The number of likely N-dealkylation sites (tertiary alicyclic amines) is 2. The monoisotopic (exact) mass is 492 g/mol.